The molecule has 4 rings (SSSR count). The molecule has 1 fully saturated rings. The standard InChI is InChI=1S/C15H15N9O5S3/c1-29-22-7(9-19-13(16)32-23-9)10(25)18-6-4-2-3-5(30-15-21-20-14(17)31-15)8(12(27)28)24(4)11(6)26/h4,6H,2-3H2,1H3,(H2,17,20)(H,18,25)(H,27,28)(H2,16,19,23)/b22-7-/t4?,6-/m0/s1. The fourth-order valence-electron chi connectivity index (χ4n) is 3.31. The molecular weight excluding hydrogens is 482 g/mol. The number of carboxylic acid groups (broad SMARTS) is 1. The third-order valence-electron chi connectivity index (χ3n) is 4.57. The predicted molar refractivity (Wildman–Crippen MR) is 115 cm³/mol. The summed E-state index contributed by atoms with van der Waals surface area (Å²) in [5.74, 6) is -2.59. The highest BCUT2D eigenvalue weighted by Crippen LogP contribution is 2.43. The molecule has 0 spiro atoms. The Morgan fingerprint density at radius 1 is 1.34 bits per heavy atom. The number of hydrogen-bond donors (Lipinski definition) is 4. The van der Waals surface area contributed by atoms with Gasteiger partial charge in [0.15, 0.2) is 9.47 Å². The van der Waals surface area contributed by atoms with Crippen molar-refractivity contribution in [2.24, 2.45) is 5.16 Å². The van der Waals surface area contributed by atoms with Crippen molar-refractivity contribution in [3.05, 3.63) is 16.4 Å². The van der Waals surface area contributed by atoms with Gasteiger partial charge in [0, 0.05) is 16.4 Å². The van der Waals surface area contributed by atoms with Crippen molar-refractivity contribution in [3.63, 3.8) is 0 Å². The fraction of sp³-hybridized carbons (Fsp3) is 0.333. The number of nitrogen functional groups attached to an aromatic ring is 2. The van der Waals surface area contributed by atoms with Crippen molar-refractivity contribution < 1.29 is 24.3 Å². The van der Waals surface area contributed by atoms with Gasteiger partial charge in [-0.25, -0.2) is 4.79 Å². The number of β-lactam (4-membered cyclic amide) rings is 1. The van der Waals surface area contributed by atoms with E-state index in [-0.39, 0.29) is 27.5 Å². The molecular formula is C15H15N9O5S3. The highest BCUT2D eigenvalue weighted by Gasteiger charge is 2.54. The van der Waals surface area contributed by atoms with Crippen LogP contribution in [0.15, 0.2) is 20.1 Å². The molecule has 17 heteroatoms. The molecule has 32 heavy (non-hydrogen) atoms. The number of anilines is 2. The summed E-state index contributed by atoms with van der Waals surface area (Å²) in [6, 6.07) is -1.46. The van der Waals surface area contributed by atoms with Crippen LogP contribution in [-0.2, 0) is 19.2 Å². The van der Waals surface area contributed by atoms with Gasteiger partial charge in [-0.15, -0.1) is 10.2 Å². The molecule has 2 atom stereocenters. The Morgan fingerprint density at radius 3 is 2.72 bits per heavy atom. The maximum absolute atomic E-state index is 12.8. The number of aliphatic carboxylic acids is 1. The number of carbonyl (C=O) groups is 3. The first kappa shape index (κ1) is 21.9. The van der Waals surface area contributed by atoms with Crippen LogP contribution in [0.5, 0.6) is 0 Å². The normalized spacial score (nSPS) is 20.6. The summed E-state index contributed by atoms with van der Waals surface area (Å²) in [4.78, 5) is 47.7. The summed E-state index contributed by atoms with van der Waals surface area (Å²) in [5.41, 5.74) is 10.7. The van der Waals surface area contributed by atoms with Gasteiger partial charge in [-0.1, -0.05) is 28.3 Å². The second-order valence-corrected chi connectivity index (χ2v) is 9.56. The summed E-state index contributed by atoms with van der Waals surface area (Å²) >= 11 is 3.10. The van der Waals surface area contributed by atoms with Crippen molar-refractivity contribution in [1.29, 1.82) is 0 Å². The van der Waals surface area contributed by atoms with E-state index in [2.05, 4.69) is 34.9 Å². The number of hydrogen-bond acceptors (Lipinski definition) is 14. The van der Waals surface area contributed by atoms with Crippen LogP contribution >= 0.6 is 34.6 Å². The number of carbonyl (C=O) groups excluding carboxylic acids is 2. The summed E-state index contributed by atoms with van der Waals surface area (Å²) in [6.07, 6.45) is 0.804. The molecule has 0 bridgehead atoms. The number of nitrogens with one attached hydrogen (secondary N) is 1. The number of nitrogens with zero attached hydrogens (tertiary/aromatic N) is 6. The topological polar surface area (TPSA) is 212 Å². The maximum Gasteiger partial charge on any atom is 0.353 e. The maximum atomic E-state index is 12.8. The van der Waals surface area contributed by atoms with Gasteiger partial charge in [0.25, 0.3) is 11.8 Å². The first-order valence-corrected chi connectivity index (χ1v) is 11.3. The van der Waals surface area contributed by atoms with Crippen LogP contribution in [0.1, 0.15) is 18.7 Å². The van der Waals surface area contributed by atoms with Crippen LogP contribution in [0.2, 0.25) is 0 Å². The van der Waals surface area contributed by atoms with Crippen molar-refractivity contribution in [3.8, 4) is 0 Å². The van der Waals surface area contributed by atoms with Gasteiger partial charge >= 0.3 is 5.97 Å². The number of aromatic nitrogens is 4. The molecule has 14 nitrogen and oxygen atoms in total. The minimum absolute atomic E-state index is 0.0414. The zero-order valence-electron chi connectivity index (χ0n) is 16.2. The number of thioether (sulfide) groups is 1. The van der Waals surface area contributed by atoms with E-state index in [0.29, 0.717) is 22.1 Å². The third kappa shape index (κ3) is 3.96. The number of allylic oxidation sites excluding steroid dienone is 1. The molecule has 2 aromatic rings. The molecule has 6 N–H and O–H groups in total. The van der Waals surface area contributed by atoms with E-state index < -0.39 is 29.9 Å². The average Bonchev–Trinajstić information content (AvgIpc) is 3.37. The van der Waals surface area contributed by atoms with Gasteiger partial charge in [-0.2, -0.15) is 9.36 Å². The van der Waals surface area contributed by atoms with Crippen LogP contribution in [0.4, 0.5) is 10.3 Å². The Morgan fingerprint density at radius 2 is 2.12 bits per heavy atom. The molecule has 168 valence electrons. The lowest BCUT2D eigenvalue weighted by molar-refractivity contribution is -0.155. The molecule has 4 heterocycles. The summed E-state index contributed by atoms with van der Waals surface area (Å²) < 4.78 is 4.40. The second kappa shape index (κ2) is 8.67. The van der Waals surface area contributed by atoms with E-state index in [9.17, 15) is 19.5 Å². The van der Waals surface area contributed by atoms with Crippen LogP contribution < -0.4 is 16.8 Å². The van der Waals surface area contributed by atoms with Gasteiger partial charge in [0.05, 0.1) is 6.04 Å². The molecule has 0 radical (unpaired) electrons. The molecule has 2 amide bonds. The number of carboxylic acids is 1. The average molecular weight is 498 g/mol. The zero-order chi connectivity index (χ0) is 23.0. The molecule has 2 aliphatic rings. The molecule has 0 aromatic carbocycles. The van der Waals surface area contributed by atoms with Crippen molar-refractivity contribution in [2.75, 3.05) is 18.6 Å². The SMILES string of the molecule is CO/N=C(\C(=O)N[C@@H]1C(=O)N2C(C(=O)O)=C(Sc3nnc(N)s3)CCC12)c1nsc(N)n1. The Balaban J connectivity index is 1.53. The van der Waals surface area contributed by atoms with E-state index in [1.165, 1.54) is 12.0 Å². The number of oxime groups is 1. The number of nitrogens with two attached hydrogens (primary N) is 2. The van der Waals surface area contributed by atoms with Crippen LogP contribution in [0.3, 0.4) is 0 Å². The van der Waals surface area contributed by atoms with Gasteiger partial charge < -0.3 is 26.7 Å². The lowest BCUT2D eigenvalue weighted by Crippen LogP contribution is -2.72. The quantitative estimate of drug-likeness (QED) is 0.216. The minimum atomic E-state index is -1.25. The van der Waals surface area contributed by atoms with Crippen LogP contribution in [0.25, 0.3) is 0 Å². The Kier molecular flexibility index (Phi) is 5.94. The van der Waals surface area contributed by atoms with Gasteiger partial charge in [0.1, 0.15) is 18.8 Å². The molecule has 0 saturated carbocycles. The summed E-state index contributed by atoms with van der Waals surface area (Å²) in [6.45, 7) is 0. The van der Waals surface area contributed by atoms with Gasteiger partial charge in [0.2, 0.25) is 16.7 Å². The van der Waals surface area contributed by atoms with Crippen LogP contribution in [-0.4, -0.2) is 72.3 Å². The highest BCUT2D eigenvalue weighted by atomic mass is 32.2. The van der Waals surface area contributed by atoms with Crippen molar-refractivity contribution in [1.82, 2.24) is 29.8 Å². The summed E-state index contributed by atoms with van der Waals surface area (Å²) in [5, 5.41) is 23.9. The lowest BCUT2D eigenvalue weighted by Gasteiger charge is -2.49. The molecule has 1 unspecified atom stereocenters. The fourth-order valence-corrected chi connectivity index (χ4v) is 5.61. The number of rotatable bonds is 7. The predicted octanol–water partition coefficient (Wildman–Crippen LogP) is -0.518. The van der Waals surface area contributed by atoms with Crippen molar-refractivity contribution in [2.45, 2.75) is 29.3 Å². The Bertz CT molecular complexity index is 1160. The number of amides is 2. The summed E-state index contributed by atoms with van der Waals surface area (Å²) in [7, 11) is 1.25. The minimum Gasteiger partial charge on any atom is -0.477 e. The number of fused-ring (bicyclic) bond motifs is 1. The zero-order valence-corrected chi connectivity index (χ0v) is 18.7. The smallest absolute Gasteiger partial charge is 0.353 e. The Labute approximate surface area is 191 Å². The molecule has 1 saturated heterocycles. The highest BCUT2D eigenvalue weighted by molar-refractivity contribution is 8.04. The Hall–Kier alpha value is -3.31. The van der Waals surface area contributed by atoms with E-state index in [0.717, 1.165) is 34.6 Å². The van der Waals surface area contributed by atoms with E-state index in [1.54, 1.807) is 0 Å². The van der Waals surface area contributed by atoms with E-state index >= 15 is 0 Å². The molecule has 0 aliphatic carbocycles. The van der Waals surface area contributed by atoms with Gasteiger partial charge in [-0.05, 0) is 12.8 Å². The largest absolute Gasteiger partial charge is 0.477 e. The monoisotopic (exact) mass is 497 g/mol. The van der Waals surface area contributed by atoms with E-state index in [1.807, 2.05) is 0 Å². The second-order valence-electron chi connectivity index (χ2n) is 6.43. The third-order valence-corrected chi connectivity index (χ3v) is 7.05. The first-order chi connectivity index (χ1) is 15.3. The molecule has 2 aliphatic heterocycles. The molecule has 2 aromatic heterocycles. The van der Waals surface area contributed by atoms with Gasteiger partial charge in [-0.3, -0.25) is 14.5 Å². The lowest BCUT2D eigenvalue weighted by atomic mass is 9.86. The van der Waals surface area contributed by atoms with Crippen LogP contribution in [0, 0.1) is 0 Å². The van der Waals surface area contributed by atoms with Crippen molar-refractivity contribution >= 4 is 68.4 Å². The van der Waals surface area contributed by atoms with E-state index in [4.69, 9.17) is 11.5 Å². The first-order valence-electron chi connectivity index (χ1n) is 8.88.